The number of benzene rings is 2. The van der Waals surface area contributed by atoms with Crippen molar-refractivity contribution in [3.8, 4) is 11.4 Å². The van der Waals surface area contributed by atoms with Gasteiger partial charge in [0.15, 0.2) is 10.8 Å². The molecule has 1 N–H and O–H groups in total. The van der Waals surface area contributed by atoms with Gasteiger partial charge < -0.3 is 10.1 Å². The molecule has 0 fully saturated rings. The summed E-state index contributed by atoms with van der Waals surface area (Å²) in [6.07, 6.45) is 1.73. The summed E-state index contributed by atoms with van der Waals surface area (Å²) in [7, 11) is 1.59. The number of para-hydroxylation sites is 1. The monoisotopic (exact) mass is 433 g/mol. The van der Waals surface area contributed by atoms with E-state index >= 15 is 0 Å². The molecule has 0 bridgehead atoms. The summed E-state index contributed by atoms with van der Waals surface area (Å²) in [5, 5.41) is 8.29. The minimum Gasteiger partial charge on any atom is -0.497 e. The number of anilines is 1. The average Bonchev–Trinajstić information content (AvgIpc) is 3.40. The van der Waals surface area contributed by atoms with E-state index in [1.807, 2.05) is 30.3 Å². The fraction of sp³-hybridized carbons (Fsp3) is 0.182. The van der Waals surface area contributed by atoms with Gasteiger partial charge in [-0.3, -0.25) is 14.2 Å². The van der Waals surface area contributed by atoms with Gasteiger partial charge in [-0.05, 0) is 36.4 Å². The number of ether oxygens (including phenoxy) is 1. The van der Waals surface area contributed by atoms with Gasteiger partial charge in [0.2, 0.25) is 5.91 Å². The zero-order chi connectivity index (χ0) is 21.4. The normalized spacial score (nSPS) is 15.1. The summed E-state index contributed by atoms with van der Waals surface area (Å²) in [5.74, 6) is 1.18. The number of aromatic nitrogens is 4. The van der Waals surface area contributed by atoms with E-state index in [2.05, 4.69) is 10.4 Å². The number of nitrogens with zero attached hydrogens (tertiary/aromatic N) is 4. The van der Waals surface area contributed by atoms with Gasteiger partial charge in [-0.15, -0.1) is 0 Å². The van der Waals surface area contributed by atoms with Gasteiger partial charge in [0.05, 0.1) is 25.0 Å². The van der Waals surface area contributed by atoms with Crippen molar-refractivity contribution >= 4 is 34.4 Å². The first kappa shape index (κ1) is 19.4. The number of carbonyl (C=O) groups excluding carboxylic acids is 1. The van der Waals surface area contributed by atoms with Crippen LogP contribution in [0.1, 0.15) is 12.5 Å². The van der Waals surface area contributed by atoms with E-state index in [9.17, 15) is 9.59 Å². The number of methoxy groups -OCH3 is 1. The molecule has 2 aromatic carbocycles. The molecule has 0 spiro atoms. The lowest BCUT2D eigenvalue weighted by Gasteiger charge is -2.13. The highest BCUT2D eigenvalue weighted by molar-refractivity contribution is 7.99. The third-order valence-corrected chi connectivity index (χ3v) is 6.26. The standard InChI is InChI=1S/C22H19N5O3S/c1-30-17-9-7-14(8-10-17)24-19(28)11-16-13-31-22-25-20-18(21(29)26(16)22)12-23-27(20)15-5-3-2-4-6-15/h2-10,12,16H,11,13H2,1H3,(H,24,28)/t16-/m0/s1. The Morgan fingerprint density at radius 1 is 1.19 bits per heavy atom. The Bertz CT molecular complexity index is 1310. The van der Waals surface area contributed by atoms with Crippen LogP contribution in [0.2, 0.25) is 0 Å². The molecule has 1 aliphatic rings. The average molecular weight is 433 g/mol. The number of amides is 1. The molecular weight excluding hydrogens is 414 g/mol. The number of hydrogen-bond acceptors (Lipinski definition) is 6. The topological polar surface area (TPSA) is 91.0 Å². The van der Waals surface area contributed by atoms with Crippen molar-refractivity contribution in [3.63, 3.8) is 0 Å². The van der Waals surface area contributed by atoms with Crippen molar-refractivity contribution in [1.29, 1.82) is 0 Å². The summed E-state index contributed by atoms with van der Waals surface area (Å²) in [4.78, 5) is 30.5. The molecule has 1 atom stereocenters. The molecule has 1 aliphatic heterocycles. The molecule has 0 radical (unpaired) electrons. The molecule has 9 heteroatoms. The maximum absolute atomic E-state index is 13.2. The van der Waals surface area contributed by atoms with Gasteiger partial charge in [0, 0.05) is 17.9 Å². The van der Waals surface area contributed by atoms with E-state index in [-0.39, 0.29) is 23.9 Å². The van der Waals surface area contributed by atoms with E-state index < -0.39 is 0 Å². The zero-order valence-corrected chi connectivity index (χ0v) is 17.5. The number of nitrogens with one attached hydrogen (secondary N) is 1. The van der Waals surface area contributed by atoms with Crippen LogP contribution in [0.25, 0.3) is 16.7 Å². The molecule has 4 aromatic rings. The van der Waals surface area contributed by atoms with Gasteiger partial charge in [0.25, 0.3) is 5.56 Å². The van der Waals surface area contributed by atoms with Gasteiger partial charge in [-0.25, -0.2) is 9.67 Å². The summed E-state index contributed by atoms with van der Waals surface area (Å²) in [6.45, 7) is 0. The van der Waals surface area contributed by atoms with Gasteiger partial charge >= 0.3 is 0 Å². The van der Waals surface area contributed by atoms with Gasteiger partial charge in [-0.2, -0.15) is 5.10 Å². The van der Waals surface area contributed by atoms with Crippen LogP contribution in [0.15, 0.2) is 70.7 Å². The molecule has 2 aromatic heterocycles. The number of carbonyl (C=O) groups is 1. The van der Waals surface area contributed by atoms with E-state index in [1.54, 1.807) is 46.8 Å². The molecular formula is C22H19N5O3S. The second kappa shape index (κ2) is 7.92. The third-order valence-electron chi connectivity index (χ3n) is 5.17. The molecule has 0 saturated heterocycles. The van der Waals surface area contributed by atoms with E-state index in [0.29, 0.717) is 27.6 Å². The van der Waals surface area contributed by atoms with Crippen LogP contribution in [0, 0.1) is 0 Å². The fourth-order valence-electron chi connectivity index (χ4n) is 3.64. The molecule has 5 rings (SSSR count). The number of thioether (sulfide) groups is 1. The second-order valence-electron chi connectivity index (χ2n) is 7.14. The SMILES string of the molecule is COc1ccc(NC(=O)C[C@H]2CSc3nc4c(cnn4-c4ccccc4)c(=O)n32)cc1. The Morgan fingerprint density at radius 3 is 2.71 bits per heavy atom. The Labute approximate surface area is 181 Å². The van der Waals surface area contributed by atoms with Crippen LogP contribution in [0.3, 0.4) is 0 Å². The zero-order valence-electron chi connectivity index (χ0n) is 16.7. The molecule has 0 saturated carbocycles. The van der Waals surface area contributed by atoms with Gasteiger partial charge in [-0.1, -0.05) is 30.0 Å². The molecule has 0 unspecified atom stereocenters. The lowest BCUT2D eigenvalue weighted by Crippen LogP contribution is -2.27. The van der Waals surface area contributed by atoms with Crippen molar-refractivity contribution in [2.75, 3.05) is 18.2 Å². The number of rotatable bonds is 5. The lowest BCUT2D eigenvalue weighted by atomic mass is 10.2. The highest BCUT2D eigenvalue weighted by Gasteiger charge is 2.29. The molecule has 8 nitrogen and oxygen atoms in total. The second-order valence-corrected chi connectivity index (χ2v) is 8.13. The molecule has 31 heavy (non-hydrogen) atoms. The first-order valence-electron chi connectivity index (χ1n) is 9.76. The van der Waals surface area contributed by atoms with Crippen molar-refractivity contribution < 1.29 is 9.53 Å². The number of fused-ring (bicyclic) bond motifs is 2. The fourth-order valence-corrected chi connectivity index (χ4v) is 4.77. The minimum absolute atomic E-state index is 0.157. The maximum atomic E-state index is 13.2. The largest absolute Gasteiger partial charge is 0.497 e. The van der Waals surface area contributed by atoms with Crippen LogP contribution in [0.5, 0.6) is 5.75 Å². The predicted molar refractivity (Wildman–Crippen MR) is 119 cm³/mol. The maximum Gasteiger partial charge on any atom is 0.265 e. The molecule has 156 valence electrons. The Hall–Kier alpha value is -3.59. The summed E-state index contributed by atoms with van der Waals surface area (Å²) < 4.78 is 8.42. The Balaban J connectivity index is 1.41. The summed E-state index contributed by atoms with van der Waals surface area (Å²) in [5.41, 5.74) is 1.88. The van der Waals surface area contributed by atoms with E-state index in [0.717, 1.165) is 11.4 Å². The first-order chi connectivity index (χ1) is 15.1. The minimum atomic E-state index is -0.261. The van der Waals surface area contributed by atoms with Crippen molar-refractivity contribution in [1.82, 2.24) is 19.3 Å². The molecule has 3 heterocycles. The third kappa shape index (κ3) is 3.57. The quantitative estimate of drug-likeness (QED) is 0.486. The molecule has 1 amide bonds. The van der Waals surface area contributed by atoms with Crippen LogP contribution in [0.4, 0.5) is 5.69 Å². The molecule has 0 aliphatic carbocycles. The highest BCUT2D eigenvalue weighted by atomic mass is 32.2. The number of hydrogen-bond donors (Lipinski definition) is 1. The van der Waals surface area contributed by atoms with Crippen molar-refractivity contribution in [2.45, 2.75) is 17.6 Å². The lowest BCUT2D eigenvalue weighted by molar-refractivity contribution is -0.116. The van der Waals surface area contributed by atoms with Crippen LogP contribution < -0.4 is 15.6 Å². The van der Waals surface area contributed by atoms with Crippen LogP contribution >= 0.6 is 11.8 Å². The Morgan fingerprint density at radius 2 is 1.97 bits per heavy atom. The van der Waals surface area contributed by atoms with Crippen molar-refractivity contribution in [2.24, 2.45) is 0 Å². The van der Waals surface area contributed by atoms with Crippen LogP contribution in [-0.2, 0) is 4.79 Å². The van der Waals surface area contributed by atoms with Gasteiger partial charge in [0.1, 0.15) is 11.1 Å². The smallest absolute Gasteiger partial charge is 0.265 e. The highest BCUT2D eigenvalue weighted by Crippen LogP contribution is 2.33. The summed E-state index contributed by atoms with van der Waals surface area (Å²) >= 11 is 1.48. The Kier molecular flexibility index (Phi) is 4.95. The van der Waals surface area contributed by atoms with E-state index in [4.69, 9.17) is 9.72 Å². The van der Waals surface area contributed by atoms with Crippen LogP contribution in [-0.4, -0.2) is 38.1 Å². The van der Waals surface area contributed by atoms with E-state index in [1.165, 1.54) is 11.8 Å². The first-order valence-corrected chi connectivity index (χ1v) is 10.7. The predicted octanol–water partition coefficient (Wildman–Crippen LogP) is 3.27. The van der Waals surface area contributed by atoms with Crippen molar-refractivity contribution in [3.05, 3.63) is 71.1 Å². The summed E-state index contributed by atoms with van der Waals surface area (Å²) in [6, 6.07) is 16.4.